The Balaban J connectivity index is 2.26. The number of hydrogen-bond donors (Lipinski definition) is 1. The molecule has 1 aromatic carbocycles. The monoisotopic (exact) mass is 231 g/mol. The minimum absolute atomic E-state index is 0.170. The third kappa shape index (κ3) is 2.40. The van der Waals surface area contributed by atoms with Crippen molar-refractivity contribution in [1.29, 1.82) is 0 Å². The topological polar surface area (TPSA) is 21.3 Å². The van der Waals surface area contributed by atoms with Gasteiger partial charge in [0.15, 0.2) is 0 Å². The van der Waals surface area contributed by atoms with Crippen LogP contribution in [0.1, 0.15) is 18.4 Å². The van der Waals surface area contributed by atoms with Gasteiger partial charge in [0.05, 0.1) is 17.4 Å². The molecule has 0 aliphatic heterocycles. The van der Waals surface area contributed by atoms with Crippen LogP contribution in [0.5, 0.6) is 5.75 Å². The third-order valence-corrected chi connectivity index (χ3v) is 2.39. The molecule has 0 aromatic heterocycles. The van der Waals surface area contributed by atoms with E-state index >= 15 is 0 Å². The highest BCUT2D eigenvalue weighted by atomic mass is 19.4. The van der Waals surface area contributed by atoms with Crippen LogP contribution in [0.2, 0.25) is 0 Å². The van der Waals surface area contributed by atoms with Crippen LogP contribution in [0, 0.1) is 0 Å². The van der Waals surface area contributed by atoms with Gasteiger partial charge in [-0.3, -0.25) is 0 Å². The highest BCUT2D eigenvalue weighted by molar-refractivity contribution is 5.58. The van der Waals surface area contributed by atoms with Gasteiger partial charge in [-0.15, -0.1) is 0 Å². The maximum Gasteiger partial charge on any atom is 0.416 e. The average molecular weight is 231 g/mol. The van der Waals surface area contributed by atoms with Gasteiger partial charge in [0.2, 0.25) is 0 Å². The van der Waals surface area contributed by atoms with Gasteiger partial charge >= 0.3 is 6.18 Å². The van der Waals surface area contributed by atoms with Crippen LogP contribution < -0.4 is 10.1 Å². The highest BCUT2D eigenvalue weighted by Gasteiger charge is 2.32. The molecule has 0 unspecified atom stereocenters. The van der Waals surface area contributed by atoms with Crippen LogP contribution in [0.25, 0.3) is 0 Å². The van der Waals surface area contributed by atoms with Crippen molar-refractivity contribution < 1.29 is 17.9 Å². The lowest BCUT2D eigenvalue weighted by Crippen LogP contribution is -2.07. The standard InChI is InChI=1S/C11H12F3NO/c1-15-9-6-7(11(12,13)14)2-5-10(9)16-8-3-4-8/h2,5-6,8,15H,3-4H2,1H3. The fourth-order valence-electron chi connectivity index (χ4n) is 1.37. The van der Waals surface area contributed by atoms with E-state index in [9.17, 15) is 13.2 Å². The minimum Gasteiger partial charge on any atom is -0.488 e. The van der Waals surface area contributed by atoms with Crippen molar-refractivity contribution in [2.45, 2.75) is 25.1 Å². The quantitative estimate of drug-likeness (QED) is 0.861. The van der Waals surface area contributed by atoms with Crippen molar-refractivity contribution in [2.24, 2.45) is 0 Å². The van der Waals surface area contributed by atoms with Crippen LogP contribution in [0.15, 0.2) is 18.2 Å². The molecule has 0 atom stereocenters. The molecule has 16 heavy (non-hydrogen) atoms. The van der Waals surface area contributed by atoms with Crippen molar-refractivity contribution in [2.75, 3.05) is 12.4 Å². The van der Waals surface area contributed by atoms with E-state index < -0.39 is 11.7 Å². The molecular weight excluding hydrogens is 219 g/mol. The van der Waals surface area contributed by atoms with Gasteiger partial charge in [0, 0.05) is 7.05 Å². The van der Waals surface area contributed by atoms with E-state index in [2.05, 4.69) is 5.32 Å². The Morgan fingerprint density at radius 1 is 1.31 bits per heavy atom. The average Bonchev–Trinajstić information content (AvgIpc) is 3.00. The first-order valence-electron chi connectivity index (χ1n) is 5.06. The van der Waals surface area contributed by atoms with E-state index in [1.54, 1.807) is 7.05 Å². The smallest absolute Gasteiger partial charge is 0.416 e. The Kier molecular flexibility index (Phi) is 2.69. The summed E-state index contributed by atoms with van der Waals surface area (Å²) in [6.07, 6.45) is -2.19. The molecule has 1 aliphatic rings. The Labute approximate surface area is 91.4 Å². The predicted molar refractivity (Wildman–Crippen MR) is 54.6 cm³/mol. The van der Waals surface area contributed by atoms with Crippen molar-refractivity contribution in [1.82, 2.24) is 0 Å². The zero-order chi connectivity index (χ0) is 11.8. The largest absolute Gasteiger partial charge is 0.488 e. The summed E-state index contributed by atoms with van der Waals surface area (Å²) in [6.45, 7) is 0. The number of ether oxygens (including phenoxy) is 1. The molecule has 2 nitrogen and oxygen atoms in total. The van der Waals surface area contributed by atoms with Crippen LogP contribution in [0.3, 0.4) is 0 Å². The molecule has 1 fully saturated rings. The zero-order valence-corrected chi connectivity index (χ0v) is 8.77. The van der Waals surface area contributed by atoms with E-state index in [1.807, 2.05) is 0 Å². The maximum atomic E-state index is 12.4. The van der Waals surface area contributed by atoms with Gasteiger partial charge in [-0.05, 0) is 31.0 Å². The number of rotatable bonds is 3. The van der Waals surface area contributed by atoms with E-state index in [-0.39, 0.29) is 6.10 Å². The lowest BCUT2D eigenvalue weighted by molar-refractivity contribution is -0.137. The molecular formula is C11H12F3NO. The summed E-state index contributed by atoms with van der Waals surface area (Å²) in [5, 5.41) is 2.72. The van der Waals surface area contributed by atoms with E-state index in [0.717, 1.165) is 25.0 Å². The zero-order valence-electron chi connectivity index (χ0n) is 8.77. The van der Waals surface area contributed by atoms with Gasteiger partial charge in [-0.1, -0.05) is 0 Å². The first-order chi connectivity index (χ1) is 7.50. The summed E-state index contributed by atoms with van der Waals surface area (Å²) < 4.78 is 42.8. The predicted octanol–water partition coefficient (Wildman–Crippen LogP) is 3.29. The molecule has 0 amide bonds. The number of benzene rings is 1. The SMILES string of the molecule is CNc1cc(C(F)(F)F)ccc1OC1CC1. The fraction of sp³-hybridized carbons (Fsp3) is 0.455. The molecule has 0 saturated heterocycles. The normalized spacial score (nSPS) is 16.0. The number of halogens is 3. The summed E-state index contributed by atoms with van der Waals surface area (Å²) in [5.41, 5.74) is -0.290. The van der Waals surface area contributed by atoms with Crippen LogP contribution in [0.4, 0.5) is 18.9 Å². The maximum absolute atomic E-state index is 12.4. The summed E-state index contributed by atoms with van der Waals surface area (Å²) >= 11 is 0. The fourth-order valence-corrected chi connectivity index (χ4v) is 1.37. The number of hydrogen-bond acceptors (Lipinski definition) is 2. The molecule has 1 saturated carbocycles. The minimum atomic E-state index is -4.32. The molecule has 1 N–H and O–H groups in total. The second kappa shape index (κ2) is 3.88. The van der Waals surface area contributed by atoms with Gasteiger partial charge < -0.3 is 10.1 Å². The molecule has 0 spiro atoms. The Hall–Kier alpha value is -1.39. The summed E-state index contributed by atoms with van der Waals surface area (Å²) in [4.78, 5) is 0. The summed E-state index contributed by atoms with van der Waals surface area (Å²) in [7, 11) is 1.58. The second-order valence-corrected chi connectivity index (χ2v) is 3.78. The molecule has 0 bridgehead atoms. The van der Waals surface area contributed by atoms with Crippen molar-refractivity contribution in [3.05, 3.63) is 23.8 Å². The van der Waals surface area contributed by atoms with Crippen LogP contribution >= 0.6 is 0 Å². The molecule has 5 heteroatoms. The lowest BCUT2D eigenvalue weighted by atomic mass is 10.2. The molecule has 88 valence electrons. The van der Waals surface area contributed by atoms with Gasteiger partial charge in [0.1, 0.15) is 5.75 Å². The summed E-state index contributed by atoms with van der Waals surface area (Å²) in [6, 6.07) is 3.48. The Bertz CT molecular complexity index is 385. The summed E-state index contributed by atoms with van der Waals surface area (Å²) in [5.74, 6) is 0.484. The molecule has 0 heterocycles. The van der Waals surface area contributed by atoms with E-state index in [4.69, 9.17) is 4.74 Å². The first-order valence-corrected chi connectivity index (χ1v) is 5.06. The van der Waals surface area contributed by atoms with Crippen molar-refractivity contribution in [3.8, 4) is 5.75 Å². The van der Waals surface area contributed by atoms with E-state index in [0.29, 0.717) is 11.4 Å². The van der Waals surface area contributed by atoms with Gasteiger partial charge in [-0.25, -0.2) is 0 Å². The molecule has 1 aliphatic carbocycles. The Morgan fingerprint density at radius 2 is 2.00 bits per heavy atom. The first kappa shape index (κ1) is 11.1. The highest BCUT2D eigenvalue weighted by Crippen LogP contribution is 2.37. The number of nitrogens with one attached hydrogen (secondary N) is 1. The number of alkyl halides is 3. The number of anilines is 1. The third-order valence-electron chi connectivity index (χ3n) is 2.39. The Morgan fingerprint density at radius 3 is 2.50 bits per heavy atom. The van der Waals surface area contributed by atoms with Gasteiger partial charge in [-0.2, -0.15) is 13.2 Å². The van der Waals surface area contributed by atoms with E-state index in [1.165, 1.54) is 6.07 Å². The van der Waals surface area contributed by atoms with Gasteiger partial charge in [0.25, 0.3) is 0 Å². The molecule has 1 aromatic rings. The lowest BCUT2D eigenvalue weighted by Gasteiger charge is -2.13. The van der Waals surface area contributed by atoms with Crippen LogP contribution in [-0.4, -0.2) is 13.2 Å². The molecule has 2 rings (SSSR count). The van der Waals surface area contributed by atoms with Crippen molar-refractivity contribution >= 4 is 5.69 Å². The van der Waals surface area contributed by atoms with Crippen LogP contribution in [-0.2, 0) is 6.18 Å². The molecule has 0 radical (unpaired) electrons. The van der Waals surface area contributed by atoms with Crippen molar-refractivity contribution in [3.63, 3.8) is 0 Å². The second-order valence-electron chi connectivity index (χ2n) is 3.78.